The van der Waals surface area contributed by atoms with Crippen molar-refractivity contribution in [3.63, 3.8) is 0 Å². The molecule has 3 aliphatic carbocycles. The van der Waals surface area contributed by atoms with Crippen LogP contribution in [0.15, 0.2) is 62.7 Å². The molecular weight excluding hydrogens is 542 g/mol. The summed E-state index contributed by atoms with van der Waals surface area (Å²) in [5.74, 6) is 1.35. The number of aliphatic hydroxyl groups excluding tert-OH is 2. The molecule has 1 aliphatic heterocycles. The molecule has 2 heterocycles. The SMILES string of the molecule is C[C@H](CC[C@@H](O)C(C)(C)O)[C@H]1CC[C@H]2/C(=C/C3C4=C(CC[C@@H](O)C4)Cn4c(=O)n(-c5ccccc5)c(=O)n43)CCC[C@]12C. The highest BCUT2D eigenvalue weighted by Gasteiger charge is 2.51. The normalized spacial score (nSPS) is 31.5. The first kappa shape index (κ1) is 30.4. The highest BCUT2D eigenvalue weighted by molar-refractivity contribution is 5.35. The Morgan fingerprint density at radius 2 is 1.81 bits per heavy atom. The molecule has 43 heavy (non-hydrogen) atoms. The van der Waals surface area contributed by atoms with Gasteiger partial charge in [-0.15, -0.1) is 0 Å². The van der Waals surface area contributed by atoms with Crippen molar-refractivity contribution in [1.29, 1.82) is 0 Å². The molecule has 2 saturated carbocycles. The van der Waals surface area contributed by atoms with E-state index in [0.717, 1.165) is 50.5 Å². The predicted molar refractivity (Wildman–Crippen MR) is 167 cm³/mol. The molecule has 6 rings (SSSR count). The highest BCUT2D eigenvalue weighted by Crippen LogP contribution is 2.60. The Balaban J connectivity index is 1.36. The van der Waals surface area contributed by atoms with Crippen molar-refractivity contribution in [2.24, 2.45) is 23.2 Å². The summed E-state index contributed by atoms with van der Waals surface area (Å²) < 4.78 is 4.59. The third-order valence-corrected chi connectivity index (χ3v) is 11.5. The van der Waals surface area contributed by atoms with Gasteiger partial charge in [0, 0.05) is 0 Å². The van der Waals surface area contributed by atoms with Crippen LogP contribution in [0, 0.1) is 23.2 Å². The lowest BCUT2D eigenvalue weighted by Gasteiger charge is -2.45. The van der Waals surface area contributed by atoms with Gasteiger partial charge in [-0.3, -0.25) is 0 Å². The Bertz CT molecular complexity index is 1520. The Hall–Kier alpha value is -2.68. The number of hydrogen-bond acceptors (Lipinski definition) is 5. The van der Waals surface area contributed by atoms with Gasteiger partial charge in [0.2, 0.25) is 0 Å². The van der Waals surface area contributed by atoms with Gasteiger partial charge < -0.3 is 15.3 Å². The van der Waals surface area contributed by atoms with E-state index in [1.54, 1.807) is 35.3 Å². The molecule has 3 N–H and O–H groups in total. The maximum Gasteiger partial charge on any atom is 0.352 e. The molecule has 234 valence electrons. The number of allylic oxidation sites excluding steroid dienone is 3. The van der Waals surface area contributed by atoms with Crippen LogP contribution in [0.4, 0.5) is 0 Å². The fourth-order valence-electron chi connectivity index (χ4n) is 9.11. The van der Waals surface area contributed by atoms with Crippen LogP contribution in [0.5, 0.6) is 0 Å². The largest absolute Gasteiger partial charge is 0.393 e. The number of benzene rings is 1. The Kier molecular flexibility index (Phi) is 8.01. The lowest BCUT2D eigenvalue weighted by atomic mass is 9.60. The number of para-hydroxylation sites is 1. The third kappa shape index (κ3) is 5.33. The summed E-state index contributed by atoms with van der Waals surface area (Å²) in [7, 11) is 0. The van der Waals surface area contributed by atoms with Crippen LogP contribution in [0.1, 0.15) is 97.9 Å². The van der Waals surface area contributed by atoms with Crippen molar-refractivity contribution >= 4 is 0 Å². The zero-order chi connectivity index (χ0) is 30.7. The van der Waals surface area contributed by atoms with Crippen molar-refractivity contribution in [3.05, 3.63) is 74.1 Å². The molecular formula is C35H49N3O5. The van der Waals surface area contributed by atoms with Crippen LogP contribution in [0.2, 0.25) is 0 Å². The topological polar surface area (TPSA) is 110 Å². The molecule has 8 heteroatoms. The van der Waals surface area contributed by atoms with Crippen LogP contribution in [0.3, 0.4) is 0 Å². The fourth-order valence-corrected chi connectivity index (χ4v) is 9.11. The van der Waals surface area contributed by atoms with Gasteiger partial charge in [-0.05, 0) is 125 Å². The Morgan fingerprint density at radius 1 is 1.07 bits per heavy atom. The number of aliphatic hydroxyl groups is 3. The summed E-state index contributed by atoms with van der Waals surface area (Å²) in [4.78, 5) is 27.7. The van der Waals surface area contributed by atoms with E-state index >= 15 is 0 Å². The maximum atomic E-state index is 14.0. The summed E-state index contributed by atoms with van der Waals surface area (Å²) >= 11 is 0. The summed E-state index contributed by atoms with van der Waals surface area (Å²) in [6, 6.07) is 8.78. The summed E-state index contributed by atoms with van der Waals surface area (Å²) in [6.07, 6.45) is 10.0. The molecule has 1 aromatic heterocycles. The van der Waals surface area contributed by atoms with Crippen LogP contribution in [0.25, 0.3) is 5.69 Å². The summed E-state index contributed by atoms with van der Waals surface area (Å²) in [5.41, 5.74) is 2.64. The first-order valence-corrected chi connectivity index (χ1v) is 16.4. The first-order chi connectivity index (χ1) is 20.4. The second kappa shape index (κ2) is 11.4. The number of fused-ring (bicyclic) bond motifs is 2. The number of rotatable bonds is 7. The highest BCUT2D eigenvalue weighted by atomic mass is 16.3. The standard InChI is InChI=1S/C35H49N3O5/c1-22(12-17-31(40)34(2,3)43)28-15-16-29-23(9-8-18-35(28,29)4)19-30-27-20-26(39)14-13-24(27)21-36-32(41)37(33(42)38(30)36)25-10-6-5-7-11-25/h5-7,10-11,19,22,26,28-31,39-40,43H,8-9,12-18,20-21H2,1-4H3/b23-19+/t22-,26-,28-,29+,30?,31-,35-/m1/s1. The average molecular weight is 592 g/mol. The van der Waals surface area contributed by atoms with E-state index in [1.807, 2.05) is 18.2 Å². The van der Waals surface area contributed by atoms with E-state index in [9.17, 15) is 24.9 Å². The second-order valence-corrected chi connectivity index (χ2v) is 14.7. The molecule has 1 unspecified atom stereocenters. The van der Waals surface area contributed by atoms with Gasteiger partial charge in [-0.2, -0.15) is 0 Å². The lowest BCUT2D eigenvalue weighted by Crippen LogP contribution is -2.40. The monoisotopic (exact) mass is 591 g/mol. The van der Waals surface area contributed by atoms with E-state index < -0.39 is 17.8 Å². The zero-order valence-electron chi connectivity index (χ0n) is 26.2. The van der Waals surface area contributed by atoms with Gasteiger partial charge in [-0.25, -0.2) is 23.5 Å². The molecule has 0 spiro atoms. The molecule has 2 aromatic rings. The molecule has 0 bridgehead atoms. The maximum absolute atomic E-state index is 14.0. The van der Waals surface area contributed by atoms with Crippen molar-refractivity contribution in [2.75, 3.05) is 0 Å². The number of hydrogen-bond donors (Lipinski definition) is 3. The minimum atomic E-state index is -1.10. The van der Waals surface area contributed by atoms with Crippen LogP contribution >= 0.6 is 0 Å². The van der Waals surface area contributed by atoms with E-state index in [2.05, 4.69) is 19.9 Å². The average Bonchev–Trinajstić information content (AvgIpc) is 3.45. The molecule has 0 amide bonds. The smallest absolute Gasteiger partial charge is 0.352 e. The molecule has 4 aliphatic rings. The van der Waals surface area contributed by atoms with Crippen LogP contribution in [-0.2, 0) is 6.54 Å². The van der Waals surface area contributed by atoms with E-state index in [1.165, 1.54) is 15.7 Å². The van der Waals surface area contributed by atoms with Crippen molar-refractivity contribution in [1.82, 2.24) is 13.9 Å². The first-order valence-electron chi connectivity index (χ1n) is 16.4. The summed E-state index contributed by atoms with van der Waals surface area (Å²) in [5, 5.41) is 31.4. The van der Waals surface area contributed by atoms with Gasteiger partial charge >= 0.3 is 11.4 Å². The van der Waals surface area contributed by atoms with Gasteiger partial charge in [0.15, 0.2) is 0 Å². The summed E-state index contributed by atoms with van der Waals surface area (Å²) in [6.45, 7) is 8.48. The molecule has 7 atom stereocenters. The zero-order valence-corrected chi connectivity index (χ0v) is 26.2. The molecule has 0 radical (unpaired) electrons. The quantitative estimate of drug-likeness (QED) is 0.398. The van der Waals surface area contributed by atoms with Gasteiger partial charge in [0.05, 0.1) is 36.1 Å². The van der Waals surface area contributed by atoms with Crippen LogP contribution in [-0.4, -0.2) is 47.1 Å². The predicted octanol–water partition coefficient (Wildman–Crippen LogP) is 4.89. The van der Waals surface area contributed by atoms with Crippen LogP contribution < -0.4 is 11.4 Å². The Labute approximate surface area is 254 Å². The third-order valence-electron chi connectivity index (χ3n) is 11.5. The number of aromatic nitrogens is 3. The van der Waals surface area contributed by atoms with Gasteiger partial charge in [-0.1, -0.05) is 43.7 Å². The molecule has 8 nitrogen and oxygen atoms in total. The van der Waals surface area contributed by atoms with E-state index in [-0.39, 0.29) is 22.8 Å². The Morgan fingerprint density at radius 3 is 2.53 bits per heavy atom. The van der Waals surface area contributed by atoms with Gasteiger partial charge in [0.25, 0.3) is 0 Å². The minimum Gasteiger partial charge on any atom is -0.393 e. The fraction of sp³-hybridized carbons (Fsp3) is 0.657. The van der Waals surface area contributed by atoms with Crippen molar-refractivity contribution in [3.8, 4) is 5.69 Å². The van der Waals surface area contributed by atoms with E-state index in [0.29, 0.717) is 49.2 Å². The second-order valence-electron chi connectivity index (χ2n) is 14.7. The number of nitrogens with zero attached hydrogens (tertiary/aromatic N) is 3. The molecule has 0 saturated heterocycles. The lowest BCUT2D eigenvalue weighted by molar-refractivity contribution is -0.0554. The van der Waals surface area contributed by atoms with Gasteiger partial charge in [0.1, 0.15) is 0 Å². The molecule has 1 aromatic carbocycles. The van der Waals surface area contributed by atoms with Crippen molar-refractivity contribution < 1.29 is 15.3 Å². The molecule has 2 fully saturated rings. The van der Waals surface area contributed by atoms with E-state index in [4.69, 9.17) is 0 Å². The minimum absolute atomic E-state index is 0.127. The van der Waals surface area contributed by atoms with Crippen molar-refractivity contribution in [2.45, 2.75) is 122 Å².